The van der Waals surface area contributed by atoms with E-state index in [2.05, 4.69) is 10.5 Å². The Kier molecular flexibility index (Phi) is 5.36. The number of ether oxygens (including phenoxy) is 1. The molecule has 0 fully saturated rings. The largest absolute Gasteiger partial charge is 0.493 e. The highest BCUT2D eigenvalue weighted by atomic mass is 35.5. The highest BCUT2D eigenvalue weighted by Crippen LogP contribution is 2.35. The molecule has 0 radical (unpaired) electrons. The molecule has 3 aromatic rings. The van der Waals surface area contributed by atoms with Gasteiger partial charge in [-0.3, -0.25) is 4.79 Å². The van der Waals surface area contributed by atoms with Gasteiger partial charge in [-0.1, -0.05) is 35.9 Å². The van der Waals surface area contributed by atoms with Crippen LogP contribution in [0.25, 0.3) is 10.1 Å². The quantitative estimate of drug-likeness (QED) is 0.504. The standard InChI is InChI=1S/C19H17ClN2O2S/c1-3-24-15-7-5-4-6-13(15)11-21-22-19(23)18-17(20)14-9-8-12(2)10-16(14)25-18/h4-11H,3H2,1-2H3,(H,22,23)/b21-11+. The van der Waals surface area contributed by atoms with Crippen LogP contribution in [0.15, 0.2) is 47.6 Å². The number of carbonyl (C=O) groups excluding carboxylic acids is 1. The van der Waals surface area contributed by atoms with Crippen LogP contribution >= 0.6 is 22.9 Å². The van der Waals surface area contributed by atoms with Gasteiger partial charge in [0.15, 0.2) is 0 Å². The molecular formula is C19H17ClN2O2S. The summed E-state index contributed by atoms with van der Waals surface area (Å²) in [7, 11) is 0. The minimum absolute atomic E-state index is 0.325. The smallest absolute Gasteiger partial charge is 0.283 e. The van der Waals surface area contributed by atoms with E-state index in [1.165, 1.54) is 11.3 Å². The van der Waals surface area contributed by atoms with Gasteiger partial charge < -0.3 is 4.74 Å². The van der Waals surface area contributed by atoms with Crippen LogP contribution in [0.3, 0.4) is 0 Å². The number of hydrazone groups is 1. The second kappa shape index (κ2) is 7.68. The molecule has 0 aliphatic heterocycles. The van der Waals surface area contributed by atoms with E-state index in [-0.39, 0.29) is 5.91 Å². The average Bonchev–Trinajstić information content (AvgIpc) is 2.92. The zero-order valence-corrected chi connectivity index (χ0v) is 15.4. The summed E-state index contributed by atoms with van der Waals surface area (Å²) in [5, 5.41) is 5.38. The van der Waals surface area contributed by atoms with Crippen LogP contribution in [0.1, 0.15) is 27.7 Å². The number of hydrogen-bond donors (Lipinski definition) is 1. The van der Waals surface area contributed by atoms with E-state index in [1.807, 2.05) is 56.3 Å². The van der Waals surface area contributed by atoms with Gasteiger partial charge in [0.1, 0.15) is 10.6 Å². The van der Waals surface area contributed by atoms with Gasteiger partial charge in [-0.25, -0.2) is 5.43 Å². The maximum atomic E-state index is 12.4. The monoisotopic (exact) mass is 372 g/mol. The highest BCUT2D eigenvalue weighted by molar-refractivity contribution is 7.21. The highest BCUT2D eigenvalue weighted by Gasteiger charge is 2.16. The second-order valence-corrected chi connectivity index (χ2v) is 6.84. The first-order valence-electron chi connectivity index (χ1n) is 7.84. The topological polar surface area (TPSA) is 50.7 Å². The van der Waals surface area contributed by atoms with Gasteiger partial charge in [-0.2, -0.15) is 5.10 Å². The fourth-order valence-corrected chi connectivity index (χ4v) is 3.91. The van der Waals surface area contributed by atoms with Crippen molar-refractivity contribution in [3.8, 4) is 5.75 Å². The molecule has 6 heteroatoms. The van der Waals surface area contributed by atoms with Gasteiger partial charge in [0.2, 0.25) is 0 Å². The molecule has 1 heterocycles. The molecule has 0 saturated carbocycles. The van der Waals surface area contributed by atoms with Crippen molar-refractivity contribution in [2.75, 3.05) is 6.61 Å². The Balaban J connectivity index is 1.78. The second-order valence-electron chi connectivity index (χ2n) is 5.41. The summed E-state index contributed by atoms with van der Waals surface area (Å²) in [6.45, 7) is 4.49. The number of rotatable bonds is 5. The Morgan fingerprint density at radius 3 is 2.92 bits per heavy atom. The Morgan fingerprint density at radius 2 is 2.12 bits per heavy atom. The number of amides is 1. The fraction of sp³-hybridized carbons (Fsp3) is 0.158. The average molecular weight is 373 g/mol. The van der Waals surface area contributed by atoms with Crippen molar-refractivity contribution >= 4 is 45.1 Å². The summed E-state index contributed by atoms with van der Waals surface area (Å²) >= 11 is 7.71. The van der Waals surface area contributed by atoms with Crippen molar-refractivity contribution in [2.45, 2.75) is 13.8 Å². The molecule has 0 aliphatic rings. The third kappa shape index (κ3) is 3.83. The first-order chi connectivity index (χ1) is 12.1. The predicted octanol–water partition coefficient (Wildman–Crippen LogP) is 5.03. The van der Waals surface area contributed by atoms with Crippen LogP contribution < -0.4 is 10.2 Å². The first-order valence-corrected chi connectivity index (χ1v) is 9.03. The van der Waals surface area contributed by atoms with Gasteiger partial charge in [-0.05, 0) is 37.6 Å². The molecule has 0 atom stereocenters. The van der Waals surface area contributed by atoms with E-state index < -0.39 is 0 Å². The first kappa shape index (κ1) is 17.5. The summed E-state index contributed by atoms with van der Waals surface area (Å²) in [5.74, 6) is 0.396. The van der Waals surface area contributed by atoms with Crippen LogP contribution in [-0.4, -0.2) is 18.7 Å². The molecule has 1 aromatic heterocycles. The lowest BCUT2D eigenvalue weighted by Gasteiger charge is -2.05. The lowest BCUT2D eigenvalue weighted by atomic mass is 10.2. The summed E-state index contributed by atoms with van der Waals surface area (Å²) < 4.78 is 6.51. The molecule has 0 bridgehead atoms. The van der Waals surface area contributed by atoms with Gasteiger partial charge in [0.05, 0.1) is 17.8 Å². The lowest BCUT2D eigenvalue weighted by Crippen LogP contribution is -2.16. The van der Waals surface area contributed by atoms with Gasteiger partial charge in [0.25, 0.3) is 5.91 Å². The maximum Gasteiger partial charge on any atom is 0.283 e. The van der Waals surface area contributed by atoms with Crippen LogP contribution in [-0.2, 0) is 0 Å². The van der Waals surface area contributed by atoms with Crippen molar-refractivity contribution in [3.05, 3.63) is 63.5 Å². The van der Waals surface area contributed by atoms with Crippen molar-refractivity contribution in [1.82, 2.24) is 5.43 Å². The van der Waals surface area contributed by atoms with E-state index in [1.54, 1.807) is 6.21 Å². The Labute approximate surface area is 155 Å². The molecule has 0 spiro atoms. The van der Waals surface area contributed by atoms with E-state index in [4.69, 9.17) is 16.3 Å². The zero-order valence-electron chi connectivity index (χ0n) is 13.9. The maximum absolute atomic E-state index is 12.4. The molecule has 25 heavy (non-hydrogen) atoms. The van der Waals surface area contributed by atoms with Gasteiger partial charge in [0, 0.05) is 15.6 Å². The van der Waals surface area contributed by atoms with Gasteiger partial charge in [-0.15, -0.1) is 11.3 Å². The molecule has 1 amide bonds. The van der Waals surface area contributed by atoms with E-state index in [9.17, 15) is 4.79 Å². The van der Waals surface area contributed by atoms with Crippen molar-refractivity contribution in [1.29, 1.82) is 0 Å². The molecule has 1 N–H and O–H groups in total. The zero-order chi connectivity index (χ0) is 17.8. The Hall–Kier alpha value is -2.37. The SMILES string of the molecule is CCOc1ccccc1/C=N/NC(=O)c1sc2cc(C)ccc2c1Cl. The summed E-state index contributed by atoms with van der Waals surface area (Å²) in [5.41, 5.74) is 4.46. The molecule has 3 rings (SSSR count). The van der Waals surface area contributed by atoms with Crippen LogP contribution in [0.5, 0.6) is 5.75 Å². The lowest BCUT2D eigenvalue weighted by molar-refractivity contribution is 0.0959. The number of carbonyl (C=O) groups is 1. The number of para-hydroxylation sites is 1. The summed E-state index contributed by atoms with van der Waals surface area (Å²) in [6, 6.07) is 13.4. The third-order valence-corrected chi connectivity index (χ3v) is 5.24. The molecular weight excluding hydrogens is 356 g/mol. The molecule has 0 unspecified atom stereocenters. The number of fused-ring (bicyclic) bond motifs is 1. The minimum atomic E-state index is -0.325. The normalized spacial score (nSPS) is 11.2. The molecule has 4 nitrogen and oxygen atoms in total. The predicted molar refractivity (Wildman–Crippen MR) is 104 cm³/mol. The van der Waals surface area contributed by atoms with Crippen molar-refractivity contribution in [2.24, 2.45) is 5.10 Å². The Morgan fingerprint density at radius 1 is 1.32 bits per heavy atom. The minimum Gasteiger partial charge on any atom is -0.493 e. The van der Waals surface area contributed by atoms with Crippen LogP contribution in [0, 0.1) is 6.92 Å². The van der Waals surface area contributed by atoms with Crippen molar-refractivity contribution < 1.29 is 9.53 Å². The van der Waals surface area contributed by atoms with Crippen LogP contribution in [0.4, 0.5) is 0 Å². The van der Waals surface area contributed by atoms with Crippen molar-refractivity contribution in [3.63, 3.8) is 0 Å². The molecule has 0 saturated heterocycles. The van der Waals surface area contributed by atoms with E-state index in [0.29, 0.717) is 16.5 Å². The number of nitrogens with one attached hydrogen (secondary N) is 1. The fourth-order valence-electron chi connectivity index (χ4n) is 2.40. The molecule has 128 valence electrons. The number of nitrogens with zero attached hydrogens (tertiary/aromatic N) is 1. The van der Waals surface area contributed by atoms with Crippen LogP contribution in [0.2, 0.25) is 5.02 Å². The molecule has 2 aromatic carbocycles. The van der Waals surface area contributed by atoms with E-state index >= 15 is 0 Å². The van der Waals surface area contributed by atoms with E-state index in [0.717, 1.165) is 27.0 Å². The van der Waals surface area contributed by atoms with Gasteiger partial charge >= 0.3 is 0 Å². The molecule has 0 aliphatic carbocycles. The number of benzene rings is 2. The Bertz CT molecular complexity index is 950. The summed E-state index contributed by atoms with van der Waals surface area (Å²) in [4.78, 5) is 12.8. The number of aryl methyl sites for hydroxylation is 1. The third-order valence-electron chi connectivity index (χ3n) is 3.58. The summed E-state index contributed by atoms with van der Waals surface area (Å²) in [6.07, 6.45) is 1.56. The number of halogens is 1. The number of thiophene rings is 1. The number of hydrogen-bond acceptors (Lipinski definition) is 4.